The first-order valence-corrected chi connectivity index (χ1v) is 3.91. The second kappa shape index (κ2) is 8.83. The van der Waals surface area contributed by atoms with Gasteiger partial charge in [-0.05, 0) is 5.92 Å². The van der Waals surface area contributed by atoms with Crippen molar-refractivity contribution in [2.45, 2.75) is 20.3 Å². The number of carboxylic acid groups (broad SMARTS) is 1. The van der Waals surface area contributed by atoms with Crippen molar-refractivity contribution in [3.63, 3.8) is 0 Å². The Hall–Kier alpha value is -1.26. The molecule has 0 radical (unpaired) electrons. The Morgan fingerprint density at radius 1 is 1.46 bits per heavy atom. The molecule has 0 fully saturated rings. The summed E-state index contributed by atoms with van der Waals surface area (Å²) in [5, 5.41) is 10.3. The Kier molecular flexibility index (Phi) is 9.70. The first-order chi connectivity index (χ1) is 5.93. The Balaban J connectivity index is 0. The van der Waals surface area contributed by atoms with Gasteiger partial charge in [0.25, 0.3) is 0 Å². The van der Waals surface area contributed by atoms with Crippen molar-refractivity contribution < 1.29 is 19.4 Å². The molecule has 1 amide bonds. The molecule has 5 heteroatoms. The van der Waals surface area contributed by atoms with Gasteiger partial charge in [-0.25, -0.2) is 4.79 Å². The average molecular weight is 191 g/mol. The lowest BCUT2D eigenvalue weighted by molar-refractivity contribution is -0.137. The van der Waals surface area contributed by atoms with Crippen LogP contribution in [0.1, 0.15) is 20.3 Å². The maximum absolute atomic E-state index is 9.85. The van der Waals surface area contributed by atoms with Gasteiger partial charge in [-0.1, -0.05) is 13.8 Å². The lowest BCUT2D eigenvalue weighted by atomic mass is 10.1. The Morgan fingerprint density at radius 2 is 1.92 bits per heavy atom. The Bertz CT molecular complexity index is 150. The lowest BCUT2D eigenvalue weighted by Gasteiger charge is -1.94. The van der Waals surface area contributed by atoms with Gasteiger partial charge in [0.1, 0.15) is 0 Å². The van der Waals surface area contributed by atoms with Gasteiger partial charge >= 0.3 is 12.1 Å². The number of carbonyl (C=O) groups excluding carboxylic acids is 1. The number of nitrogens with one attached hydrogen (secondary N) is 1. The van der Waals surface area contributed by atoms with E-state index in [0.717, 1.165) is 0 Å². The number of methoxy groups -OCH3 is 1. The molecule has 0 saturated heterocycles. The minimum absolute atomic E-state index is 0.275. The fourth-order valence-corrected chi connectivity index (χ4v) is 0.451. The molecule has 78 valence electrons. The first-order valence-electron chi connectivity index (χ1n) is 3.91. The largest absolute Gasteiger partial charge is 0.481 e. The minimum Gasteiger partial charge on any atom is -0.481 e. The molecule has 0 aromatic heterocycles. The van der Waals surface area contributed by atoms with E-state index in [1.165, 1.54) is 14.2 Å². The second-order valence-corrected chi connectivity index (χ2v) is 2.73. The second-order valence-electron chi connectivity index (χ2n) is 2.73. The van der Waals surface area contributed by atoms with Gasteiger partial charge in [0.15, 0.2) is 0 Å². The molecule has 0 unspecified atom stereocenters. The highest BCUT2D eigenvalue weighted by Crippen LogP contribution is 1.96. The predicted molar refractivity (Wildman–Crippen MR) is 48.6 cm³/mol. The number of hydrogen-bond acceptors (Lipinski definition) is 3. The van der Waals surface area contributed by atoms with Crippen LogP contribution in [0.2, 0.25) is 0 Å². The third-order valence-corrected chi connectivity index (χ3v) is 0.972. The van der Waals surface area contributed by atoms with Crippen molar-refractivity contribution in [3.05, 3.63) is 0 Å². The van der Waals surface area contributed by atoms with E-state index >= 15 is 0 Å². The molecule has 0 aromatic carbocycles. The van der Waals surface area contributed by atoms with Crippen molar-refractivity contribution in [2.24, 2.45) is 5.92 Å². The molecular formula is C8H17NO4. The summed E-state index contributed by atoms with van der Waals surface area (Å²) in [5.41, 5.74) is 0. The Labute approximate surface area is 78.1 Å². The molecule has 0 heterocycles. The van der Waals surface area contributed by atoms with E-state index in [9.17, 15) is 9.59 Å². The highest BCUT2D eigenvalue weighted by Gasteiger charge is 1.98. The van der Waals surface area contributed by atoms with E-state index in [-0.39, 0.29) is 12.3 Å². The van der Waals surface area contributed by atoms with E-state index in [2.05, 4.69) is 10.1 Å². The summed E-state index contributed by atoms with van der Waals surface area (Å²) in [7, 11) is 2.82. The summed E-state index contributed by atoms with van der Waals surface area (Å²) in [6.07, 6.45) is -0.130. The van der Waals surface area contributed by atoms with Crippen LogP contribution in [0.4, 0.5) is 4.79 Å². The van der Waals surface area contributed by atoms with Crippen molar-refractivity contribution in [2.75, 3.05) is 14.2 Å². The smallest absolute Gasteiger partial charge is 0.406 e. The van der Waals surface area contributed by atoms with Crippen LogP contribution in [-0.2, 0) is 9.53 Å². The van der Waals surface area contributed by atoms with E-state index in [0.29, 0.717) is 0 Å². The number of rotatable bonds is 2. The minimum atomic E-state index is -0.713. The van der Waals surface area contributed by atoms with Gasteiger partial charge in [0, 0.05) is 13.5 Å². The topological polar surface area (TPSA) is 75.6 Å². The molecule has 0 spiro atoms. The van der Waals surface area contributed by atoms with Gasteiger partial charge in [-0.2, -0.15) is 0 Å². The van der Waals surface area contributed by atoms with Crippen LogP contribution in [0, 0.1) is 5.92 Å². The number of amides is 1. The van der Waals surface area contributed by atoms with Gasteiger partial charge in [-0.15, -0.1) is 0 Å². The summed E-state index contributed by atoms with van der Waals surface area (Å²) in [5.74, 6) is -0.438. The first kappa shape index (κ1) is 14.3. The van der Waals surface area contributed by atoms with Crippen molar-refractivity contribution in [1.29, 1.82) is 0 Å². The zero-order chi connectivity index (χ0) is 10.9. The summed E-state index contributed by atoms with van der Waals surface area (Å²) >= 11 is 0. The van der Waals surface area contributed by atoms with Crippen molar-refractivity contribution in [3.8, 4) is 0 Å². The highest BCUT2D eigenvalue weighted by molar-refractivity contribution is 5.66. The average Bonchev–Trinajstić information content (AvgIpc) is 2.01. The number of hydrogen-bond donors (Lipinski definition) is 2. The fourth-order valence-electron chi connectivity index (χ4n) is 0.451. The van der Waals surface area contributed by atoms with Crippen LogP contribution in [0.3, 0.4) is 0 Å². The SMILES string of the molecule is CC(C)CC(=O)O.CNC(=O)OC. The van der Waals surface area contributed by atoms with E-state index in [1.807, 2.05) is 13.8 Å². The van der Waals surface area contributed by atoms with Gasteiger partial charge in [0.2, 0.25) is 0 Å². The standard InChI is InChI=1S/C5H10O2.C3H7NO2/c1-4(2)3-5(6)7;1-4-3(5)6-2/h4H,3H2,1-2H3,(H,6,7);1-2H3,(H,4,5). The van der Waals surface area contributed by atoms with Crippen molar-refractivity contribution in [1.82, 2.24) is 5.32 Å². The molecule has 0 aliphatic rings. The van der Waals surface area contributed by atoms with Gasteiger partial charge in [0.05, 0.1) is 7.11 Å². The lowest BCUT2D eigenvalue weighted by Crippen LogP contribution is -2.16. The summed E-state index contributed by atoms with van der Waals surface area (Å²) in [6.45, 7) is 3.77. The normalized spacial score (nSPS) is 8.38. The highest BCUT2D eigenvalue weighted by atomic mass is 16.5. The third kappa shape index (κ3) is 18.1. The number of aliphatic carboxylic acids is 1. The molecule has 0 saturated carbocycles. The molecule has 0 rings (SSSR count). The maximum atomic E-state index is 9.85. The molecule has 0 atom stereocenters. The van der Waals surface area contributed by atoms with Crippen LogP contribution in [-0.4, -0.2) is 31.3 Å². The number of carbonyl (C=O) groups is 2. The number of ether oxygens (including phenoxy) is 1. The monoisotopic (exact) mass is 191 g/mol. The summed E-state index contributed by atoms with van der Waals surface area (Å²) < 4.78 is 4.15. The summed E-state index contributed by atoms with van der Waals surface area (Å²) in [4.78, 5) is 19.7. The van der Waals surface area contributed by atoms with Crippen molar-refractivity contribution >= 4 is 12.1 Å². The zero-order valence-electron chi connectivity index (χ0n) is 8.46. The molecule has 2 N–H and O–H groups in total. The van der Waals surface area contributed by atoms with Gasteiger partial charge < -0.3 is 15.2 Å². The molecule has 0 aromatic rings. The predicted octanol–water partition coefficient (Wildman–Crippen LogP) is 1.09. The van der Waals surface area contributed by atoms with Crippen LogP contribution in [0.15, 0.2) is 0 Å². The maximum Gasteiger partial charge on any atom is 0.406 e. The summed E-state index contributed by atoms with van der Waals surface area (Å²) in [6, 6.07) is 0. The van der Waals surface area contributed by atoms with Crippen LogP contribution < -0.4 is 5.32 Å². The van der Waals surface area contributed by atoms with E-state index in [4.69, 9.17) is 5.11 Å². The molecule has 0 bridgehead atoms. The molecule has 5 nitrogen and oxygen atoms in total. The van der Waals surface area contributed by atoms with Crippen LogP contribution in [0.5, 0.6) is 0 Å². The van der Waals surface area contributed by atoms with E-state index in [1.54, 1.807) is 0 Å². The molecule has 0 aliphatic carbocycles. The van der Waals surface area contributed by atoms with E-state index < -0.39 is 12.1 Å². The quantitative estimate of drug-likeness (QED) is 0.685. The Morgan fingerprint density at radius 3 is 1.92 bits per heavy atom. The third-order valence-electron chi connectivity index (χ3n) is 0.972. The molecule has 0 aliphatic heterocycles. The number of carboxylic acids is 1. The van der Waals surface area contributed by atoms with Gasteiger partial charge in [-0.3, -0.25) is 4.79 Å². The fraction of sp³-hybridized carbons (Fsp3) is 0.750. The van der Waals surface area contributed by atoms with Crippen LogP contribution >= 0.6 is 0 Å². The number of alkyl carbamates (subject to hydrolysis) is 1. The zero-order valence-corrected chi connectivity index (χ0v) is 8.46. The molecular weight excluding hydrogens is 174 g/mol. The molecule has 13 heavy (non-hydrogen) atoms. The van der Waals surface area contributed by atoms with Crippen LogP contribution in [0.25, 0.3) is 0 Å².